The molecular formula is C11H16F2N2O. The Morgan fingerprint density at radius 1 is 1.38 bits per heavy atom. The van der Waals surface area contributed by atoms with Gasteiger partial charge in [0.1, 0.15) is 11.6 Å². The first kappa shape index (κ1) is 13.0. The number of nitrogens with one attached hydrogen (secondary N) is 1. The van der Waals surface area contributed by atoms with Crippen LogP contribution in [0.25, 0.3) is 0 Å². The van der Waals surface area contributed by atoms with Gasteiger partial charge in [0, 0.05) is 11.6 Å². The maximum Gasteiger partial charge on any atom is 0.131 e. The molecule has 0 aliphatic heterocycles. The van der Waals surface area contributed by atoms with Gasteiger partial charge >= 0.3 is 0 Å². The molecule has 0 aliphatic carbocycles. The molecule has 0 bridgehead atoms. The van der Waals surface area contributed by atoms with Gasteiger partial charge in [-0.1, -0.05) is 6.07 Å². The number of hydrogen-bond donors (Lipinski definition) is 2. The summed E-state index contributed by atoms with van der Waals surface area (Å²) in [6.07, 6.45) is 0.0272. The Bertz CT molecular complexity index is 345. The first-order valence-corrected chi connectivity index (χ1v) is 5.07. The number of hydrogen-bond acceptors (Lipinski definition) is 3. The van der Waals surface area contributed by atoms with Crippen LogP contribution in [0, 0.1) is 11.6 Å². The van der Waals surface area contributed by atoms with E-state index in [2.05, 4.69) is 5.43 Å². The van der Waals surface area contributed by atoms with Gasteiger partial charge in [0.25, 0.3) is 0 Å². The van der Waals surface area contributed by atoms with E-state index in [0.717, 1.165) is 6.07 Å². The second-order valence-corrected chi connectivity index (χ2v) is 3.77. The molecule has 0 aromatic heterocycles. The SMILES string of the molecule is CC(C)OCC(NN)c1ccc(F)cc1F. The molecule has 0 radical (unpaired) electrons. The predicted octanol–water partition coefficient (Wildman–Crippen LogP) is 1.89. The van der Waals surface area contributed by atoms with Crippen LogP contribution in [-0.2, 0) is 4.74 Å². The first-order valence-electron chi connectivity index (χ1n) is 5.07. The molecular weight excluding hydrogens is 214 g/mol. The summed E-state index contributed by atoms with van der Waals surface area (Å²) in [7, 11) is 0. The molecule has 0 heterocycles. The van der Waals surface area contributed by atoms with E-state index in [1.54, 1.807) is 0 Å². The van der Waals surface area contributed by atoms with Gasteiger partial charge in [-0.25, -0.2) is 8.78 Å². The number of ether oxygens (including phenoxy) is 1. The Labute approximate surface area is 93.6 Å². The Balaban J connectivity index is 2.78. The van der Waals surface area contributed by atoms with Crippen molar-refractivity contribution in [2.24, 2.45) is 5.84 Å². The number of benzene rings is 1. The van der Waals surface area contributed by atoms with Crippen molar-refractivity contribution in [3.05, 3.63) is 35.4 Å². The third-order valence-corrected chi connectivity index (χ3v) is 2.14. The van der Waals surface area contributed by atoms with Gasteiger partial charge in [0.2, 0.25) is 0 Å². The second kappa shape index (κ2) is 5.89. The lowest BCUT2D eigenvalue weighted by Gasteiger charge is -2.18. The number of halogens is 2. The molecule has 0 aliphatic rings. The zero-order valence-corrected chi connectivity index (χ0v) is 9.34. The molecule has 1 aromatic carbocycles. The Morgan fingerprint density at radius 3 is 2.56 bits per heavy atom. The van der Waals surface area contributed by atoms with Gasteiger partial charge in [-0.3, -0.25) is 11.3 Å². The summed E-state index contributed by atoms with van der Waals surface area (Å²) in [4.78, 5) is 0. The molecule has 3 N–H and O–H groups in total. The summed E-state index contributed by atoms with van der Waals surface area (Å²) in [5.41, 5.74) is 2.74. The van der Waals surface area contributed by atoms with Gasteiger partial charge in [0.15, 0.2) is 0 Å². The molecule has 0 amide bonds. The molecule has 0 saturated carbocycles. The zero-order chi connectivity index (χ0) is 12.1. The van der Waals surface area contributed by atoms with E-state index in [0.29, 0.717) is 5.56 Å². The highest BCUT2D eigenvalue weighted by Crippen LogP contribution is 2.18. The van der Waals surface area contributed by atoms with Crippen LogP contribution in [-0.4, -0.2) is 12.7 Å². The standard InChI is InChI=1S/C11H16F2N2O/c1-7(2)16-6-11(15-14)9-4-3-8(12)5-10(9)13/h3-5,7,11,15H,6,14H2,1-2H3. The van der Waals surface area contributed by atoms with E-state index in [-0.39, 0.29) is 12.7 Å². The molecule has 1 rings (SSSR count). The van der Waals surface area contributed by atoms with E-state index in [1.807, 2.05) is 13.8 Å². The molecule has 90 valence electrons. The van der Waals surface area contributed by atoms with Crippen molar-refractivity contribution in [3.63, 3.8) is 0 Å². The van der Waals surface area contributed by atoms with E-state index in [4.69, 9.17) is 10.6 Å². The van der Waals surface area contributed by atoms with Gasteiger partial charge in [-0.2, -0.15) is 0 Å². The Kier molecular flexibility index (Phi) is 4.79. The fraction of sp³-hybridized carbons (Fsp3) is 0.455. The monoisotopic (exact) mass is 230 g/mol. The minimum atomic E-state index is -0.629. The molecule has 1 unspecified atom stereocenters. The average Bonchev–Trinajstić information content (AvgIpc) is 2.21. The quantitative estimate of drug-likeness (QED) is 0.600. The van der Waals surface area contributed by atoms with E-state index in [1.165, 1.54) is 12.1 Å². The van der Waals surface area contributed by atoms with Gasteiger partial charge in [-0.05, 0) is 19.9 Å². The maximum atomic E-state index is 13.4. The third kappa shape index (κ3) is 3.52. The number of nitrogens with two attached hydrogens (primary N) is 1. The lowest BCUT2D eigenvalue weighted by molar-refractivity contribution is 0.0604. The molecule has 1 atom stereocenters. The van der Waals surface area contributed by atoms with E-state index < -0.39 is 17.7 Å². The normalized spacial score (nSPS) is 13.1. The fourth-order valence-corrected chi connectivity index (χ4v) is 1.30. The number of rotatable bonds is 5. The fourth-order valence-electron chi connectivity index (χ4n) is 1.30. The van der Waals surface area contributed by atoms with Crippen molar-refractivity contribution in [1.29, 1.82) is 0 Å². The van der Waals surface area contributed by atoms with Crippen molar-refractivity contribution < 1.29 is 13.5 Å². The first-order chi connectivity index (χ1) is 7.54. The van der Waals surface area contributed by atoms with Crippen LogP contribution in [0.15, 0.2) is 18.2 Å². The van der Waals surface area contributed by atoms with Crippen molar-refractivity contribution >= 4 is 0 Å². The summed E-state index contributed by atoms with van der Waals surface area (Å²) >= 11 is 0. The molecule has 16 heavy (non-hydrogen) atoms. The van der Waals surface area contributed by atoms with Gasteiger partial charge in [-0.15, -0.1) is 0 Å². The topological polar surface area (TPSA) is 47.3 Å². The molecule has 0 fully saturated rings. The summed E-state index contributed by atoms with van der Waals surface area (Å²) in [5.74, 6) is 4.07. The van der Waals surface area contributed by atoms with Crippen LogP contribution in [0.3, 0.4) is 0 Å². The lowest BCUT2D eigenvalue weighted by Crippen LogP contribution is -2.32. The van der Waals surface area contributed by atoms with Gasteiger partial charge < -0.3 is 4.74 Å². The summed E-state index contributed by atoms with van der Waals surface area (Å²) < 4.78 is 31.5. The molecule has 0 saturated heterocycles. The highest BCUT2D eigenvalue weighted by atomic mass is 19.1. The highest BCUT2D eigenvalue weighted by molar-refractivity contribution is 5.22. The van der Waals surface area contributed by atoms with Crippen molar-refractivity contribution in [2.75, 3.05) is 6.61 Å². The Morgan fingerprint density at radius 2 is 2.06 bits per heavy atom. The minimum Gasteiger partial charge on any atom is -0.377 e. The molecule has 1 aromatic rings. The van der Waals surface area contributed by atoms with Crippen LogP contribution in [0.4, 0.5) is 8.78 Å². The smallest absolute Gasteiger partial charge is 0.131 e. The third-order valence-electron chi connectivity index (χ3n) is 2.14. The van der Waals surface area contributed by atoms with Crippen molar-refractivity contribution in [1.82, 2.24) is 5.43 Å². The van der Waals surface area contributed by atoms with Crippen LogP contribution < -0.4 is 11.3 Å². The molecule has 3 nitrogen and oxygen atoms in total. The summed E-state index contributed by atoms with van der Waals surface area (Å²) in [5, 5.41) is 0. The average molecular weight is 230 g/mol. The lowest BCUT2D eigenvalue weighted by atomic mass is 10.1. The predicted molar refractivity (Wildman–Crippen MR) is 57.5 cm³/mol. The van der Waals surface area contributed by atoms with Crippen molar-refractivity contribution in [2.45, 2.75) is 26.0 Å². The molecule has 5 heteroatoms. The van der Waals surface area contributed by atoms with Crippen molar-refractivity contribution in [3.8, 4) is 0 Å². The summed E-state index contributed by atoms with van der Waals surface area (Å²) in [6.45, 7) is 3.97. The summed E-state index contributed by atoms with van der Waals surface area (Å²) in [6, 6.07) is 2.90. The van der Waals surface area contributed by atoms with Gasteiger partial charge in [0.05, 0.1) is 18.8 Å². The van der Waals surface area contributed by atoms with E-state index in [9.17, 15) is 8.78 Å². The largest absolute Gasteiger partial charge is 0.377 e. The number of hydrazine groups is 1. The van der Waals surface area contributed by atoms with Crippen LogP contribution >= 0.6 is 0 Å². The highest BCUT2D eigenvalue weighted by Gasteiger charge is 2.15. The zero-order valence-electron chi connectivity index (χ0n) is 9.34. The van der Waals surface area contributed by atoms with Crippen LogP contribution in [0.1, 0.15) is 25.5 Å². The molecule has 0 spiro atoms. The van der Waals surface area contributed by atoms with E-state index >= 15 is 0 Å². The maximum absolute atomic E-state index is 13.4. The van der Waals surface area contributed by atoms with Crippen LogP contribution in [0.5, 0.6) is 0 Å². The Hall–Kier alpha value is -1.04. The minimum absolute atomic E-state index is 0.0272. The van der Waals surface area contributed by atoms with Crippen LogP contribution in [0.2, 0.25) is 0 Å². The second-order valence-electron chi connectivity index (χ2n) is 3.77.